The molecule has 1 amide bonds. The first-order valence-electron chi connectivity index (χ1n) is 15.5. The van der Waals surface area contributed by atoms with Gasteiger partial charge in [-0.3, -0.25) is 4.79 Å². The van der Waals surface area contributed by atoms with Gasteiger partial charge in [0.2, 0.25) is 0 Å². The van der Waals surface area contributed by atoms with Gasteiger partial charge in [-0.25, -0.2) is 4.79 Å². The van der Waals surface area contributed by atoms with E-state index in [1.54, 1.807) is 11.9 Å². The number of aromatic nitrogens is 1. The largest absolute Gasteiger partial charge is 0.461 e. The third-order valence-corrected chi connectivity index (χ3v) is 11.3. The van der Waals surface area contributed by atoms with Crippen molar-refractivity contribution in [1.82, 2.24) is 9.47 Å². The second-order valence-electron chi connectivity index (χ2n) is 11.2. The van der Waals surface area contributed by atoms with Crippen molar-refractivity contribution in [1.29, 1.82) is 0 Å². The lowest BCUT2D eigenvalue weighted by atomic mass is 10.1. The Labute approximate surface area is 287 Å². The number of carbonyl (C=O) groups is 2. The molecule has 7 nitrogen and oxygen atoms in total. The Balaban J connectivity index is 1.28. The Morgan fingerprint density at radius 2 is 1.72 bits per heavy atom. The van der Waals surface area contributed by atoms with Gasteiger partial charge < -0.3 is 23.4 Å². The van der Waals surface area contributed by atoms with Gasteiger partial charge in [0.05, 0.1) is 18.0 Å². The van der Waals surface area contributed by atoms with Crippen LogP contribution in [0.5, 0.6) is 0 Å². The van der Waals surface area contributed by atoms with E-state index in [4.69, 9.17) is 4.74 Å². The van der Waals surface area contributed by atoms with Crippen LogP contribution >= 0.6 is 39.2 Å². The number of anilines is 2. The van der Waals surface area contributed by atoms with E-state index < -0.39 is 0 Å². The number of aryl methyl sites for hydroxylation is 2. The maximum absolute atomic E-state index is 13.2. The zero-order valence-corrected chi connectivity index (χ0v) is 29.5. The molecule has 0 N–H and O–H groups in total. The van der Waals surface area contributed by atoms with Gasteiger partial charge in [-0.05, 0) is 101 Å². The number of esters is 1. The van der Waals surface area contributed by atoms with Crippen LogP contribution in [0.2, 0.25) is 0 Å². The molecule has 3 aromatic carbocycles. The number of carbonyl (C=O) groups excluding carboxylic acids is 2. The predicted molar refractivity (Wildman–Crippen MR) is 194 cm³/mol. The zero-order valence-electron chi connectivity index (χ0n) is 26.2. The van der Waals surface area contributed by atoms with E-state index in [1.807, 2.05) is 41.8 Å². The summed E-state index contributed by atoms with van der Waals surface area (Å²) in [7, 11) is 1.92. The van der Waals surface area contributed by atoms with Gasteiger partial charge in [-0.1, -0.05) is 42.5 Å². The van der Waals surface area contributed by atoms with E-state index in [1.165, 1.54) is 16.9 Å². The number of thiophene rings is 1. The second-order valence-corrected chi connectivity index (χ2v) is 14.1. The lowest BCUT2D eigenvalue weighted by Gasteiger charge is -2.38. The molecule has 6 rings (SSSR count). The summed E-state index contributed by atoms with van der Waals surface area (Å²) in [6.45, 7) is 7.82. The van der Waals surface area contributed by atoms with Crippen LogP contribution in [0.4, 0.5) is 11.4 Å². The SMILES string of the molecule is CCOC(=O)c1c(C)c2cc(SN(CCc3ccccc3)c3ccccc3N3CCN(C(=O)c4sccc4Br)CC3)ccc2n1C. The number of fused-ring (bicyclic) bond motifs is 1. The van der Waals surface area contributed by atoms with Crippen molar-refractivity contribution < 1.29 is 14.3 Å². The van der Waals surface area contributed by atoms with Crippen LogP contribution < -0.4 is 9.21 Å². The van der Waals surface area contributed by atoms with Crippen molar-refractivity contribution in [3.05, 3.63) is 110 Å². The molecule has 2 aromatic heterocycles. The molecule has 5 aromatic rings. The molecular weight excluding hydrogens is 680 g/mol. The Bertz CT molecular complexity index is 1850. The van der Waals surface area contributed by atoms with Crippen LogP contribution in [0.1, 0.15) is 38.2 Å². The first-order chi connectivity index (χ1) is 22.4. The third kappa shape index (κ3) is 6.70. The van der Waals surface area contributed by atoms with Crippen LogP contribution in [-0.4, -0.2) is 60.7 Å². The Hall–Kier alpha value is -3.73. The number of para-hydroxylation sites is 2. The molecule has 0 saturated carbocycles. The van der Waals surface area contributed by atoms with E-state index in [-0.39, 0.29) is 11.9 Å². The molecular formula is C36H37BrN4O3S2. The Morgan fingerprint density at radius 1 is 0.978 bits per heavy atom. The summed E-state index contributed by atoms with van der Waals surface area (Å²) >= 11 is 6.72. The molecule has 3 heterocycles. The average Bonchev–Trinajstić information content (AvgIpc) is 3.62. The van der Waals surface area contributed by atoms with Crippen molar-refractivity contribution in [2.75, 3.05) is 48.5 Å². The molecule has 0 radical (unpaired) electrons. The fourth-order valence-electron chi connectivity index (χ4n) is 6.05. The van der Waals surface area contributed by atoms with Crippen LogP contribution in [0, 0.1) is 6.92 Å². The molecule has 0 spiro atoms. The summed E-state index contributed by atoms with van der Waals surface area (Å²) in [6.07, 6.45) is 0.889. The van der Waals surface area contributed by atoms with Crippen molar-refractivity contribution in [3.8, 4) is 0 Å². The summed E-state index contributed by atoms with van der Waals surface area (Å²) in [5.41, 5.74) is 6.11. The van der Waals surface area contributed by atoms with Gasteiger partial charge in [-0.15, -0.1) is 11.3 Å². The number of nitrogens with zero attached hydrogens (tertiary/aromatic N) is 4. The number of ether oxygens (including phenoxy) is 1. The number of rotatable bonds is 10. The highest BCUT2D eigenvalue weighted by Gasteiger charge is 2.27. The molecule has 0 aliphatic carbocycles. The fraction of sp³-hybridized carbons (Fsp3) is 0.278. The van der Waals surface area contributed by atoms with Crippen LogP contribution in [0.15, 0.2) is 93.6 Å². The minimum absolute atomic E-state index is 0.0903. The Morgan fingerprint density at radius 3 is 2.43 bits per heavy atom. The highest BCUT2D eigenvalue weighted by Crippen LogP contribution is 2.39. The molecule has 1 saturated heterocycles. The predicted octanol–water partition coefficient (Wildman–Crippen LogP) is 8.21. The number of hydrogen-bond donors (Lipinski definition) is 0. The fourth-order valence-corrected chi connectivity index (χ4v) is 8.55. The molecule has 10 heteroatoms. The number of benzene rings is 3. The summed E-state index contributed by atoms with van der Waals surface area (Å²) in [5, 5.41) is 2.99. The smallest absolute Gasteiger partial charge is 0.355 e. The maximum Gasteiger partial charge on any atom is 0.355 e. The minimum Gasteiger partial charge on any atom is -0.461 e. The number of halogens is 1. The molecule has 1 aliphatic rings. The summed E-state index contributed by atoms with van der Waals surface area (Å²) in [6, 6.07) is 27.5. The highest BCUT2D eigenvalue weighted by molar-refractivity contribution is 9.10. The van der Waals surface area contributed by atoms with Gasteiger partial charge in [0.15, 0.2) is 0 Å². The first kappa shape index (κ1) is 32.2. The molecule has 0 bridgehead atoms. The second kappa shape index (κ2) is 14.4. The van der Waals surface area contributed by atoms with Gasteiger partial charge in [-0.2, -0.15) is 0 Å². The lowest BCUT2D eigenvalue weighted by molar-refractivity contribution is 0.0514. The number of hydrogen-bond acceptors (Lipinski definition) is 7. The van der Waals surface area contributed by atoms with Crippen LogP contribution in [0.3, 0.4) is 0 Å². The van der Waals surface area contributed by atoms with E-state index in [2.05, 4.69) is 97.9 Å². The normalized spacial score (nSPS) is 13.3. The van der Waals surface area contributed by atoms with Crippen molar-refractivity contribution in [2.45, 2.75) is 25.2 Å². The minimum atomic E-state index is -0.295. The molecule has 0 atom stereocenters. The summed E-state index contributed by atoms with van der Waals surface area (Å²) < 4.78 is 10.5. The van der Waals surface area contributed by atoms with Crippen molar-refractivity contribution >= 4 is 73.4 Å². The third-order valence-electron chi connectivity index (χ3n) is 8.42. The first-order valence-corrected chi connectivity index (χ1v) is 17.9. The summed E-state index contributed by atoms with van der Waals surface area (Å²) in [4.78, 5) is 32.2. The monoisotopic (exact) mass is 716 g/mol. The maximum atomic E-state index is 13.2. The quantitative estimate of drug-likeness (QED) is 0.107. The molecule has 1 fully saturated rings. The highest BCUT2D eigenvalue weighted by atomic mass is 79.9. The summed E-state index contributed by atoms with van der Waals surface area (Å²) in [5.74, 6) is -0.205. The number of amides is 1. The van der Waals surface area contributed by atoms with Crippen molar-refractivity contribution in [3.63, 3.8) is 0 Å². The van der Waals surface area contributed by atoms with Crippen LogP contribution in [-0.2, 0) is 18.2 Å². The van der Waals surface area contributed by atoms with Crippen LogP contribution in [0.25, 0.3) is 10.9 Å². The Kier molecular flexibility index (Phi) is 10.1. The molecule has 1 aliphatic heterocycles. The lowest BCUT2D eigenvalue weighted by Crippen LogP contribution is -2.49. The topological polar surface area (TPSA) is 58.0 Å². The molecule has 238 valence electrons. The standard InChI is InChI=1S/C36H37BrN4O3S2/c1-4-44-36(43)33-25(2)28-24-27(14-15-30(28)38(33)3)46-41(18-16-26-10-6-5-7-11-26)32-13-9-8-12-31(32)39-19-21-40(22-20-39)35(42)34-29(37)17-23-45-34/h5-15,17,23-24H,4,16,18-22H2,1-3H3. The van der Waals surface area contributed by atoms with Gasteiger partial charge in [0, 0.05) is 60.0 Å². The van der Waals surface area contributed by atoms with Crippen molar-refractivity contribution in [2.24, 2.45) is 7.05 Å². The molecule has 46 heavy (non-hydrogen) atoms. The number of piperazine rings is 1. The van der Waals surface area contributed by atoms with E-state index in [0.29, 0.717) is 25.4 Å². The van der Waals surface area contributed by atoms with E-state index in [9.17, 15) is 9.59 Å². The van der Waals surface area contributed by atoms with Gasteiger partial charge in [0.1, 0.15) is 10.6 Å². The van der Waals surface area contributed by atoms with E-state index >= 15 is 0 Å². The van der Waals surface area contributed by atoms with Gasteiger partial charge in [0.25, 0.3) is 5.91 Å². The van der Waals surface area contributed by atoms with E-state index in [0.717, 1.165) is 68.1 Å². The molecule has 0 unspecified atom stereocenters. The van der Waals surface area contributed by atoms with Gasteiger partial charge >= 0.3 is 5.97 Å². The average molecular weight is 718 g/mol. The zero-order chi connectivity index (χ0) is 32.2.